The number of hydrogen-bond acceptors (Lipinski definition) is 3. The third-order valence-electron chi connectivity index (χ3n) is 1.09. The monoisotopic (exact) mass is 240 g/mol. The topological polar surface area (TPSA) is 59.1 Å². The van der Waals surface area contributed by atoms with Gasteiger partial charge in [-0.3, -0.25) is 4.72 Å². The van der Waals surface area contributed by atoms with Gasteiger partial charge in [-0.1, -0.05) is 23.2 Å². The standard InChI is InChI=1S/C6H6Cl2N2O2S/c1-13(11,12)10-6-5(8)2-4(7)3-9-6/h2-3H,1H3,(H,9,10). The number of pyridine rings is 1. The highest BCUT2D eigenvalue weighted by Gasteiger charge is 2.07. The van der Waals surface area contributed by atoms with Crippen LogP contribution in [0.4, 0.5) is 5.82 Å². The average molecular weight is 241 g/mol. The first kappa shape index (κ1) is 10.6. The van der Waals surface area contributed by atoms with Crippen molar-refractivity contribution in [1.82, 2.24) is 4.98 Å². The van der Waals surface area contributed by atoms with Crippen LogP contribution in [-0.2, 0) is 10.0 Å². The SMILES string of the molecule is CS(=O)(=O)Nc1ncc(Cl)cc1Cl. The lowest BCUT2D eigenvalue weighted by atomic mass is 10.5. The molecule has 1 aromatic heterocycles. The highest BCUT2D eigenvalue weighted by Crippen LogP contribution is 2.22. The van der Waals surface area contributed by atoms with Crippen molar-refractivity contribution in [2.24, 2.45) is 0 Å². The molecule has 0 radical (unpaired) electrons. The number of nitrogens with one attached hydrogen (secondary N) is 1. The molecule has 0 atom stereocenters. The average Bonchev–Trinajstić information content (AvgIpc) is 1.93. The van der Waals surface area contributed by atoms with Gasteiger partial charge in [0.25, 0.3) is 0 Å². The summed E-state index contributed by atoms with van der Waals surface area (Å²) in [4.78, 5) is 3.71. The fraction of sp³-hybridized carbons (Fsp3) is 0.167. The van der Waals surface area contributed by atoms with E-state index in [1.165, 1.54) is 12.3 Å². The van der Waals surface area contributed by atoms with Crippen molar-refractivity contribution >= 4 is 39.0 Å². The Morgan fingerprint density at radius 1 is 1.46 bits per heavy atom. The molecule has 0 saturated carbocycles. The van der Waals surface area contributed by atoms with Crippen LogP contribution in [0.5, 0.6) is 0 Å². The van der Waals surface area contributed by atoms with Crippen molar-refractivity contribution < 1.29 is 8.42 Å². The lowest BCUT2D eigenvalue weighted by Crippen LogP contribution is -2.11. The number of hydrogen-bond donors (Lipinski definition) is 1. The molecule has 1 heterocycles. The predicted octanol–water partition coefficient (Wildman–Crippen LogP) is 1.76. The number of sulfonamides is 1. The van der Waals surface area contributed by atoms with E-state index in [9.17, 15) is 8.42 Å². The van der Waals surface area contributed by atoms with E-state index in [-0.39, 0.29) is 10.8 Å². The van der Waals surface area contributed by atoms with E-state index in [1.54, 1.807) is 0 Å². The molecule has 4 nitrogen and oxygen atoms in total. The summed E-state index contributed by atoms with van der Waals surface area (Å²) >= 11 is 11.2. The minimum Gasteiger partial charge on any atom is -0.266 e. The Morgan fingerprint density at radius 3 is 2.54 bits per heavy atom. The first-order valence-corrected chi connectivity index (χ1v) is 5.82. The molecular weight excluding hydrogens is 235 g/mol. The molecule has 72 valence electrons. The van der Waals surface area contributed by atoms with Crippen LogP contribution in [-0.4, -0.2) is 19.7 Å². The Kier molecular flexibility index (Phi) is 3.00. The Labute approximate surface area is 85.9 Å². The van der Waals surface area contributed by atoms with Crippen molar-refractivity contribution in [2.75, 3.05) is 11.0 Å². The molecule has 0 amide bonds. The lowest BCUT2D eigenvalue weighted by molar-refractivity contribution is 0.606. The van der Waals surface area contributed by atoms with E-state index in [4.69, 9.17) is 23.2 Å². The van der Waals surface area contributed by atoms with Crippen LogP contribution in [0.15, 0.2) is 12.3 Å². The first-order chi connectivity index (χ1) is 5.88. The Bertz CT molecular complexity index is 419. The maximum atomic E-state index is 10.8. The molecule has 1 aromatic rings. The smallest absolute Gasteiger partial charge is 0.231 e. The molecule has 0 bridgehead atoms. The summed E-state index contributed by atoms with van der Waals surface area (Å²) in [6, 6.07) is 1.41. The molecule has 0 spiro atoms. The van der Waals surface area contributed by atoms with Gasteiger partial charge < -0.3 is 0 Å². The fourth-order valence-corrected chi connectivity index (χ4v) is 1.66. The van der Waals surface area contributed by atoms with Gasteiger partial charge in [-0.05, 0) is 6.07 Å². The van der Waals surface area contributed by atoms with Gasteiger partial charge in [0.2, 0.25) is 10.0 Å². The molecule has 0 aliphatic carbocycles. The van der Waals surface area contributed by atoms with Crippen molar-refractivity contribution in [2.45, 2.75) is 0 Å². The van der Waals surface area contributed by atoms with Gasteiger partial charge in [-0.15, -0.1) is 0 Å². The van der Waals surface area contributed by atoms with Gasteiger partial charge in [0, 0.05) is 6.20 Å². The lowest BCUT2D eigenvalue weighted by Gasteiger charge is -2.04. The van der Waals surface area contributed by atoms with E-state index >= 15 is 0 Å². The summed E-state index contributed by atoms with van der Waals surface area (Å²) in [5.74, 6) is 0.0774. The molecule has 0 saturated heterocycles. The molecular formula is C6H6Cl2N2O2S. The van der Waals surface area contributed by atoms with E-state index in [1.807, 2.05) is 0 Å². The number of halogens is 2. The predicted molar refractivity (Wildman–Crippen MR) is 52.7 cm³/mol. The molecule has 0 fully saturated rings. The molecule has 0 aliphatic rings. The molecule has 7 heteroatoms. The maximum absolute atomic E-state index is 10.8. The largest absolute Gasteiger partial charge is 0.266 e. The van der Waals surface area contributed by atoms with Gasteiger partial charge in [0.05, 0.1) is 16.3 Å². The fourth-order valence-electron chi connectivity index (χ4n) is 0.665. The van der Waals surface area contributed by atoms with Crippen molar-refractivity contribution in [3.8, 4) is 0 Å². The maximum Gasteiger partial charge on any atom is 0.231 e. The zero-order chi connectivity index (χ0) is 10.1. The minimum atomic E-state index is -3.35. The molecule has 1 rings (SSSR count). The van der Waals surface area contributed by atoms with E-state index in [0.717, 1.165) is 6.26 Å². The Hall–Kier alpha value is -0.520. The van der Waals surface area contributed by atoms with Gasteiger partial charge in [0.1, 0.15) is 0 Å². The summed E-state index contributed by atoms with van der Waals surface area (Å²) in [7, 11) is -3.35. The van der Waals surface area contributed by atoms with Crippen LogP contribution >= 0.6 is 23.2 Å². The highest BCUT2D eigenvalue weighted by molar-refractivity contribution is 7.92. The van der Waals surface area contributed by atoms with Crippen LogP contribution in [0.2, 0.25) is 10.0 Å². The van der Waals surface area contributed by atoms with E-state index in [0.29, 0.717) is 5.02 Å². The van der Waals surface area contributed by atoms with Gasteiger partial charge in [0.15, 0.2) is 5.82 Å². The number of nitrogens with zero attached hydrogens (tertiary/aromatic N) is 1. The molecule has 13 heavy (non-hydrogen) atoms. The number of aromatic nitrogens is 1. The summed E-state index contributed by atoms with van der Waals surface area (Å²) in [5.41, 5.74) is 0. The third kappa shape index (κ3) is 3.38. The van der Waals surface area contributed by atoms with Gasteiger partial charge >= 0.3 is 0 Å². The van der Waals surface area contributed by atoms with Gasteiger partial charge in [-0.25, -0.2) is 13.4 Å². The normalized spacial score (nSPS) is 11.3. The van der Waals surface area contributed by atoms with Crippen molar-refractivity contribution in [1.29, 1.82) is 0 Å². The third-order valence-corrected chi connectivity index (χ3v) is 2.15. The highest BCUT2D eigenvalue weighted by atomic mass is 35.5. The second-order valence-electron chi connectivity index (χ2n) is 2.36. The van der Waals surface area contributed by atoms with Crippen LogP contribution in [0.1, 0.15) is 0 Å². The number of rotatable bonds is 2. The van der Waals surface area contributed by atoms with Crippen LogP contribution in [0.25, 0.3) is 0 Å². The summed E-state index contributed by atoms with van der Waals surface area (Å²) in [6.45, 7) is 0. The van der Waals surface area contributed by atoms with E-state index in [2.05, 4.69) is 9.71 Å². The van der Waals surface area contributed by atoms with Crippen LogP contribution in [0, 0.1) is 0 Å². The number of anilines is 1. The molecule has 0 unspecified atom stereocenters. The van der Waals surface area contributed by atoms with Crippen molar-refractivity contribution in [3.05, 3.63) is 22.3 Å². The van der Waals surface area contributed by atoms with E-state index < -0.39 is 10.0 Å². The second kappa shape index (κ2) is 3.69. The van der Waals surface area contributed by atoms with Crippen molar-refractivity contribution in [3.63, 3.8) is 0 Å². The van der Waals surface area contributed by atoms with Crippen LogP contribution in [0.3, 0.4) is 0 Å². The quantitative estimate of drug-likeness (QED) is 0.858. The Balaban J connectivity index is 3.04. The van der Waals surface area contributed by atoms with Crippen LogP contribution < -0.4 is 4.72 Å². The zero-order valence-corrected chi connectivity index (χ0v) is 8.91. The summed E-state index contributed by atoms with van der Waals surface area (Å²) < 4.78 is 23.7. The Morgan fingerprint density at radius 2 is 2.08 bits per heavy atom. The molecule has 0 aliphatic heterocycles. The zero-order valence-electron chi connectivity index (χ0n) is 6.58. The van der Waals surface area contributed by atoms with Gasteiger partial charge in [-0.2, -0.15) is 0 Å². The molecule has 0 aromatic carbocycles. The minimum absolute atomic E-state index is 0.0774. The first-order valence-electron chi connectivity index (χ1n) is 3.17. The second-order valence-corrected chi connectivity index (χ2v) is 4.95. The molecule has 1 N–H and O–H groups in total. The summed E-state index contributed by atoms with van der Waals surface area (Å²) in [6.07, 6.45) is 2.32. The summed E-state index contributed by atoms with van der Waals surface area (Å²) in [5, 5.41) is 0.516.